The zero-order chi connectivity index (χ0) is 19.1. The molecule has 0 spiro atoms. The van der Waals surface area contributed by atoms with Crippen molar-refractivity contribution >= 4 is 33.5 Å². The first-order chi connectivity index (χ1) is 13.2. The minimum atomic E-state index is -0.277. The maximum Gasteiger partial charge on any atom is 0.322 e. The average Bonchev–Trinajstić information content (AvgIpc) is 2.70. The van der Waals surface area contributed by atoms with Crippen molar-refractivity contribution in [3.63, 3.8) is 0 Å². The van der Waals surface area contributed by atoms with E-state index in [9.17, 15) is 9.90 Å². The Morgan fingerprint density at radius 3 is 2.70 bits per heavy atom. The normalized spacial score (nSPS) is 14.1. The number of pyridine rings is 1. The van der Waals surface area contributed by atoms with Crippen molar-refractivity contribution in [1.29, 1.82) is 0 Å². The summed E-state index contributed by atoms with van der Waals surface area (Å²) in [6.07, 6.45) is 1.65. The van der Waals surface area contributed by atoms with Crippen LogP contribution in [0.5, 0.6) is 0 Å². The predicted molar refractivity (Wildman–Crippen MR) is 108 cm³/mol. The molecule has 8 heteroatoms. The number of aliphatic hydroxyl groups is 1. The van der Waals surface area contributed by atoms with Gasteiger partial charge in [0.05, 0.1) is 31.7 Å². The Hall–Kier alpha value is -2.16. The summed E-state index contributed by atoms with van der Waals surface area (Å²) in [5, 5.41) is 12.2. The molecule has 1 aromatic carbocycles. The first kappa shape index (κ1) is 19.6. The number of halogens is 1. The molecule has 7 nitrogen and oxygen atoms in total. The number of ether oxygens (including phenoxy) is 1. The van der Waals surface area contributed by atoms with Crippen molar-refractivity contribution in [2.75, 3.05) is 49.7 Å². The number of rotatable bonds is 6. The number of morpholine rings is 1. The summed E-state index contributed by atoms with van der Waals surface area (Å²) in [5.74, 6) is 0.872. The lowest BCUT2D eigenvalue weighted by Crippen LogP contribution is -2.37. The van der Waals surface area contributed by atoms with Crippen molar-refractivity contribution in [2.45, 2.75) is 6.54 Å². The lowest BCUT2D eigenvalue weighted by atomic mass is 10.2. The first-order valence-electron chi connectivity index (χ1n) is 8.86. The van der Waals surface area contributed by atoms with Crippen LogP contribution in [0.4, 0.5) is 16.3 Å². The number of nitrogens with one attached hydrogen (secondary N) is 1. The number of aromatic nitrogens is 1. The summed E-state index contributed by atoms with van der Waals surface area (Å²) >= 11 is 3.49. The summed E-state index contributed by atoms with van der Waals surface area (Å²) in [6.45, 7) is 3.56. The zero-order valence-electron chi connectivity index (χ0n) is 15.0. The molecular weight excluding hydrogens is 412 g/mol. The van der Waals surface area contributed by atoms with Crippen molar-refractivity contribution < 1.29 is 14.6 Å². The SMILES string of the molecule is O=C(Nc1ccc(N2CCOCC2)nc1)N(CCO)Cc1ccccc1Br. The third-order valence-corrected chi connectivity index (χ3v) is 5.08. The minimum absolute atomic E-state index is 0.105. The molecule has 144 valence electrons. The number of benzene rings is 1. The molecule has 27 heavy (non-hydrogen) atoms. The van der Waals surface area contributed by atoms with E-state index in [1.807, 2.05) is 36.4 Å². The van der Waals surface area contributed by atoms with Crippen LogP contribution in [-0.2, 0) is 11.3 Å². The van der Waals surface area contributed by atoms with E-state index in [1.165, 1.54) is 0 Å². The molecule has 2 heterocycles. The maximum atomic E-state index is 12.6. The first-order valence-corrected chi connectivity index (χ1v) is 9.65. The highest BCUT2D eigenvalue weighted by molar-refractivity contribution is 9.10. The van der Waals surface area contributed by atoms with Gasteiger partial charge in [-0.3, -0.25) is 0 Å². The molecule has 0 aliphatic carbocycles. The molecule has 3 rings (SSSR count). The summed E-state index contributed by atoms with van der Waals surface area (Å²) in [7, 11) is 0. The van der Waals surface area contributed by atoms with Gasteiger partial charge in [-0.15, -0.1) is 0 Å². The number of hydrogen-bond acceptors (Lipinski definition) is 5. The van der Waals surface area contributed by atoms with Gasteiger partial charge in [0.25, 0.3) is 0 Å². The molecule has 0 bridgehead atoms. The smallest absolute Gasteiger partial charge is 0.322 e. The topological polar surface area (TPSA) is 77.9 Å². The van der Waals surface area contributed by atoms with E-state index in [2.05, 4.69) is 31.1 Å². The standard InChI is InChI=1S/C19H23BrN4O3/c20-17-4-2-1-3-15(17)14-24(7-10-25)19(26)22-16-5-6-18(21-13-16)23-8-11-27-12-9-23/h1-6,13,25H,7-12,14H2,(H,22,26). The summed E-state index contributed by atoms with van der Waals surface area (Å²) < 4.78 is 6.28. The Morgan fingerprint density at radius 1 is 1.26 bits per heavy atom. The molecule has 0 atom stereocenters. The quantitative estimate of drug-likeness (QED) is 0.730. The van der Waals surface area contributed by atoms with Gasteiger partial charge in [0.15, 0.2) is 0 Å². The van der Waals surface area contributed by atoms with Crippen LogP contribution < -0.4 is 10.2 Å². The molecule has 2 N–H and O–H groups in total. The predicted octanol–water partition coefficient (Wildman–Crippen LogP) is 2.71. The third-order valence-electron chi connectivity index (χ3n) is 4.31. The number of urea groups is 1. The monoisotopic (exact) mass is 434 g/mol. The molecule has 1 aromatic heterocycles. The van der Waals surface area contributed by atoms with E-state index in [0.29, 0.717) is 25.4 Å². The molecule has 0 radical (unpaired) electrons. The van der Waals surface area contributed by atoms with Crippen molar-refractivity contribution in [3.8, 4) is 0 Å². The molecule has 1 saturated heterocycles. The minimum Gasteiger partial charge on any atom is -0.395 e. The molecular formula is C19H23BrN4O3. The second-order valence-corrected chi connectivity index (χ2v) is 7.03. The van der Waals surface area contributed by atoms with Gasteiger partial charge >= 0.3 is 6.03 Å². The number of nitrogens with zero attached hydrogens (tertiary/aromatic N) is 3. The zero-order valence-corrected chi connectivity index (χ0v) is 16.6. The van der Waals surface area contributed by atoms with Crippen LogP contribution >= 0.6 is 15.9 Å². The van der Waals surface area contributed by atoms with Gasteiger partial charge in [-0.2, -0.15) is 0 Å². The third kappa shape index (κ3) is 5.41. The van der Waals surface area contributed by atoms with E-state index in [4.69, 9.17) is 4.74 Å². The number of amides is 2. The molecule has 1 aliphatic heterocycles. The van der Waals surface area contributed by atoms with Gasteiger partial charge in [0, 0.05) is 30.7 Å². The highest BCUT2D eigenvalue weighted by Crippen LogP contribution is 2.19. The van der Waals surface area contributed by atoms with Crippen LogP contribution in [0.25, 0.3) is 0 Å². The van der Waals surface area contributed by atoms with Crippen molar-refractivity contribution in [3.05, 3.63) is 52.6 Å². The van der Waals surface area contributed by atoms with Gasteiger partial charge in [-0.25, -0.2) is 9.78 Å². The molecule has 1 aliphatic rings. The molecule has 0 unspecified atom stereocenters. The largest absolute Gasteiger partial charge is 0.395 e. The Labute approximate surface area is 167 Å². The lowest BCUT2D eigenvalue weighted by molar-refractivity contribution is 0.122. The lowest BCUT2D eigenvalue weighted by Gasteiger charge is -2.28. The van der Waals surface area contributed by atoms with Gasteiger partial charge in [-0.1, -0.05) is 34.1 Å². The van der Waals surface area contributed by atoms with Crippen LogP contribution in [-0.4, -0.2) is 60.5 Å². The maximum absolute atomic E-state index is 12.6. The second-order valence-electron chi connectivity index (χ2n) is 6.17. The van der Waals surface area contributed by atoms with Crippen molar-refractivity contribution in [2.24, 2.45) is 0 Å². The summed E-state index contributed by atoms with van der Waals surface area (Å²) in [6, 6.07) is 11.2. The van der Waals surface area contributed by atoms with Crippen LogP contribution in [0, 0.1) is 0 Å². The fourth-order valence-corrected chi connectivity index (χ4v) is 3.26. The number of hydrogen-bond donors (Lipinski definition) is 2. The Balaban J connectivity index is 1.63. The molecule has 1 fully saturated rings. The van der Waals surface area contributed by atoms with Gasteiger partial charge < -0.3 is 25.0 Å². The highest BCUT2D eigenvalue weighted by Gasteiger charge is 2.16. The Kier molecular flexibility index (Phi) is 7.03. The van der Waals surface area contributed by atoms with Crippen LogP contribution in [0.2, 0.25) is 0 Å². The van der Waals surface area contributed by atoms with Gasteiger partial charge in [-0.05, 0) is 23.8 Å². The van der Waals surface area contributed by atoms with E-state index in [-0.39, 0.29) is 19.2 Å². The van der Waals surface area contributed by atoms with Crippen LogP contribution in [0.1, 0.15) is 5.56 Å². The number of carbonyl (C=O) groups is 1. The summed E-state index contributed by atoms with van der Waals surface area (Å²) in [4.78, 5) is 20.8. The van der Waals surface area contributed by atoms with Crippen molar-refractivity contribution in [1.82, 2.24) is 9.88 Å². The Morgan fingerprint density at radius 2 is 2.04 bits per heavy atom. The molecule has 0 saturated carbocycles. The fraction of sp³-hybridized carbons (Fsp3) is 0.368. The van der Waals surface area contributed by atoms with Gasteiger partial charge in [0.1, 0.15) is 5.82 Å². The van der Waals surface area contributed by atoms with E-state index in [1.54, 1.807) is 11.1 Å². The van der Waals surface area contributed by atoms with E-state index in [0.717, 1.165) is 28.9 Å². The van der Waals surface area contributed by atoms with Crippen LogP contribution in [0.15, 0.2) is 47.1 Å². The van der Waals surface area contributed by atoms with E-state index >= 15 is 0 Å². The Bertz CT molecular complexity index is 751. The van der Waals surface area contributed by atoms with E-state index < -0.39 is 0 Å². The van der Waals surface area contributed by atoms with Gasteiger partial charge in [0.2, 0.25) is 0 Å². The fourth-order valence-electron chi connectivity index (χ4n) is 2.85. The van der Waals surface area contributed by atoms with Crippen LogP contribution in [0.3, 0.4) is 0 Å². The second kappa shape index (κ2) is 9.68. The molecule has 2 amide bonds. The number of aliphatic hydroxyl groups excluding tert-OH is 1. The average molecular weight is 435 g/mol. The number of anilines is 2. The summed E-state index contributed by atoms with van der Waals surface area (Å²) in [5.41, 5.74) is 1.59. The molecule has 2 aromatic rings. The highest BCUT2D eigenvalue weighted by atomic mass is 79.9. The number of carbonyl (C=O) groups excluding carboxylic acids is 1.